The largest absolute Gasteiger partial charge is 0.496 e. The van der Waals surface area contributed by atoms with Crippen LogP contribution in [-0.2, 0) is 15.6 Å². The second kappa shape index (κ2) is 6.54. The van der Waals surface area contributed by atoms with Gasteiger partial charge in [-0.05, 0) is 47.0 Å². The Morgan fingerprint density at radius 3 is 2.61 bits per heavy atom. The first kappa shape index (κ1) is 15.5. The molecule has 0 heterocycles. The maximum Gasteiger partial charge on any atom is 0.154 e. The Morgan fingerprint density at radius 2 is 2.11 bits per heavy atom. The van der Waals surface area contributed by atoms with Crippen LogP contribution in [0.4, 0.5) is 0 Å². The fraction of sp³-hybridized carbons (Fsp3) is 0.500. The molecule has 0 aliphatic heterocycles. The highest BCUT2D eigenvalue weighted by atomic mass is 79.9. The smallest absolute Gasteiger partial charge is 0.154 e. The van der Waals surface area contributed by atoms with Gasteiger partial charge >= 0.3 is 0 Å². The van der Waals surface area contributed by atoms with Gasteiger partial charge in [-0.15, -0.1) is 0 Å². The third kappa shape index (κ3) is 4.96. The number of halogens is 1. The predicted molar refractivity (Wildman–Crippen MR) is 76.5 cm³/mol. The summed E-state index contributed by atoms with van der Waals surface area (Å²) in [4.78, 5) is 0. The van der Waals surface area contributed by atoms with E-state index in [4.69, 9.17) is 10.5 Å². The van der Waals surface area contributed by atoms with Crippen LogP contribution in [0, 0.1) is 0 Å². The summed E-state index contributed by atoms with van der Waals surface area (Å²) in [5.74, 6) is 0.836. The van der Waals surface area contributed by atoms with Gasteiger partial charge in [-0.1, -0.05) is 6.07 Å². The van der Waals surface area contributed by atoms with Crippen molar-refractivity contribution >= 4 is 25.8 Å². The minimum absolute atomic E-state index is 0.0301. The summed E-state index contributed by atoms with van der Waals surface area (Å²) in [5.41, 5.74) is 6.31. The van der Waals surface area contributed by atoms with Crippen molar-refractivity contribution in [3.8, 4) is 5.75 Å². The van der Waals surface area contributed by atoms with Crippen molar-refractivity contribution in [2.24, 2.45) is 5.73 Å². The molecule has 1 unspecified atom stereocenters. The zero-order chi connectivity index (χ0) is 13.8. The molecule has 0 aliphatic carbocycles. The van der Waals surface area contributed by atoms with Crippen LogP contribution in [0.2, 0.25) is 0 Å². The quantitative estimate of drug-likeness (QED) is 0.864. The third-order valence-electron chi connectivity index (χ3n) is 2.49. The molecule has 2 N–H and O–H groups in total. The molecule has 0 saturated carbocycles. The molecular weight excluding hydrogens is 318 g/mol. The summed E-state index contributed by atoms with van der Waals surface area (Å²) in [6.07, 6.45) is 0.486. The maximum atomic E-state index is 11.9. The van der Waals surface area contributed by atoms with Crippen molar-refractivity contribution in [2.45, 2.75) is 25.1 Å². The van der Waals surface area contributed by atoms with Gasteiger partial charge < -0.3 is 10.5 Å². The molecule has 0 saturated heterocycles. The fourth-order valence-electron chi connectivity index (χ4n) is 1.49. The summed E-state index contributed by atoms with van der Waals surface area (Å²) in [6, 6.07) is 5.18. The number of ether oxygens (including phenoxy) is 1. The molecule has 1 aromatic carbocycles. The second-order valence-electron chi connectivity index (χ2n) is 4.33. The van der Waals surface area contributed by atoms with Crippen LogP contribution < -0.4 is 10.5 Å². The number of methoxy groups -OCH3 is 1. The van der Waals surface area contributed by atoms with E-state index in [1.807, 2.05) is 0 Å². The molecule has 4 nitrogen and oxygen atoms in total. The minimum atomic E-state index is -3.11. The van der Waals surface area contributed by atoms with Gasteiger partial charge in [-0.3, -0.25) is 0 Å². The highest BCUT2D eigenvalue weighted by Crippen LogP contribution is 2.26. The first-order valence-electron chi connectivity index (χ1n) is 5.62. The minimum Gasteiger partial charge on any atom is -0.496 e. The van der Waals surface area contributed by atoms with Gasteiger partial charge in [0.05, 0.1) is 23.1 Å². The van der Waals surface area contributed by atoms with Crippen molar-refractivity contribution in [1.29, 1.82) is 0 Å². The van der Waals surface area contributed by atoms with Crippen molar-refractivity contribution in [3.05, 3.63) is 28.2 Å². The van der Waals surface area contributed by atoms with Gasteiger partial charge in [-0.25, -0.2) is 8.42 Å². The molecule has 6 heteroatoms. The second-order valence-corrected chi connectivity index (χ2v) is 7.37. The van der Waals surface area contributed by atoms with Crippen molar-refractivity contribution in [2.75, 3.05) is 12.9 Å². The topological polar surface area (TPSA) is 69.4 Å². The van der Waals surface area contributed by atoms with Crippen LogP contribution in [-0.4, -0.2) is 27.3 Å². The Labute approximate surface area is 117 Å². The highest BCUT2D eigenvalue weighted by Gasteiger charge is 2.14. The first-order chi connectivity index (χ1) is 8.34. The molecule has 1 atom stereocenters. The Hall–Kier alpha value is -0.590. The molecular formula is C12H18BrNO3S. The van der Waals surface area contributed by atoms with E-state index in [0.717, 1.165) is 10.0 Å². The molecule has 0 aliphatic rings. The molecule has 0 spiro atoms. The summed E-state index contributed by atoms with van der Waals surface area (Å²) < 4.78 is 29.6. The molecule has 1 aromatic rings. The fourth-order valence-corrected chi connectivity index (χ4v) is 3.64. The zero-order valence-corrected chi connectivity index (χ0v) is 12.9. The molecule has 102 valence electrons. The lowest BCUT2D eigenvalue weighted by Gasteiger charge is -2.08. The van der Waals surface area contributed by atoms with Crippen molar-refractivity contribution < 1.29 is 13.2 Å². The van der Waals surface area contributed by atoms with Gasteiger partial charge in [0.25, 0.3) is 0 Å². The van der Waals surface area contributed by atoms with Crippen LogP contribution in [0.3, 0.4) is 0 Å². The van der Waals surface area contributed by atoms with Gasteiger partial charge in [-0.2, -0.15) is 0 Å². The number of rotatable bonds is 6. The van der Waals surface area contributed by atoms with E-state index in [9.17, 15) is 8.42 Å². The Morgan fingerprint density at radius 1 is 1.44 bits per heavy atom. The van der Waals surface area contributed by atoms with E-state index >= 15 is 0 Å². The van der Waals surface area contributed by atoms with Gasteiger partial charge in [0.15, 0.2) is 9.84 Å². The number of benzene rings is 1. The van der Waals surface area contributed by atoms with Crippen LogP contribution >= 0.6 is 15.9 Å². The van der Waals surface area contributed by atoms with Gasteiger partial charge in [0.2, 0.25) is 0 Å². The van der Waals surface area contributed by atoms with Crippen molar-refractivity contribution in [1.82, 2.24) is 0 Å². The summed E-state index contributed by atoms with van der Waals surface area (Å²) >= 11 is 3.34. The first-order valence-corrected chi connectivity index (χ1v) is 8.24. The lowest BCUT2D eigenvalue weighted by Crippen LogP contribution is -2.20. The lowest BCUT2D eigenvalue weighted by atomic mass is 10.2. The maximum absolute atomic E-state index is 11.9. The standard InChI is InChI=1S/C12H18BrNO3S/c1-9(14)5-6-18(15,16)8-10-3-4-12(17-2)11(13)7-10/h3-4,7,9H,5-6,8,14H2,1-2H3. The van der Waals surface area contributed by atoms with E-state index in [1.54, 1.807) is 32.2 Å². The molecule has 1 rings (SSSR count). The molecule has 0 radical (unpaired) electrons. The van der Waals surface area contributed by atoms with Crippen LogP contribution in [0.1, 0.15) is 18.9 Å². The number of hydrogen-bond donors (Lipinski definition) is 1. The summed E-state index contributed by atoms with van der Waals surface area (Å²) in [7, 11) is -1.54. The normalized spacial score (nSPS) is 13.3. The lowest BCUT2D eigenvalue weighted by molar-refractivity contribution is 0.412. The number of hydrogen-bond acceptors (Lipinski definition) is 4. The predicted octanol–water partition coefficient (Wildman–Crippen LogP) is 2.11. The van der Waals surface area contributed by atoms with Crippen LogP contribution in [0.5, 0.6) is 5.75 Å². The number of nitrogens with two attached hydrogens (primary N) is 1. The van der Waals surface area contributed by atoms with Gasteiger partial charge in [0, 0.05) is 6.04 Å². The molecule has 0 fully saturated rings. The molecule has 0 amide bonds. The van der Waals surface area contributed by atoms with E-state index in [-0.39, 0.29) is 17.5 Å². The molecule has 18 heavy (non-hydrogen) atoms. The SMILES string of the molecule is COc1ccc(CS(=O)(=O)CCC(C)N)cc1Br. The van der Waals surface area contributed by atoms with Gasteiger partial charge in [0.1, 0.15) is 5.75 Å². The average Bonchev–Trinajstić information content (AvgIpc) is 2.26. The summed E-state index contributed by atoms with van der Waals surface area (Å²) in [6.45, 7) is 1.81. The monoisotopic (exact) mass is 335 g/mol. The molecule has 0 aromatic heterocycles. The third-order valence-corrected chi connectivity index (χ3v) is 4.74. The Balaban J connectivity index is 2.75. The Bertz CT molecular complexity index is 500. The average molecular weight is 336 g/mol. The van der Waals surface area contributed by atoms with E-state index in [0.29, 0.717) is 12.2 Å². The highest BCUT2D eigenvalue weighted by molar-refractivity contribution is 9.10. The zero-order valence-electron chi connectivity index (χ0n) is 10.5. The van der Waals surface area contributed by atoms with E-state index in [2.05, 4.69) is 15.9 Å². The Kier molecular flexibility index (Phi) is 5.62. The van der Waals surface area contributed by atoms with Crippen LogP contribution in [0.25, 0.3) is 0 Å². The van der Waals surface area contributed by atoms with Crippen molar-refractivity contribution in [3.63, 3.8) is 0 Å². The van der Waals surface area contributed by atoms with Crippen LogP contribution in [0.15, 0.2) is 22.7 Å². The van der Waals surface area contributed by atoms with E-state index < -0.39 is 9.84 Å². The number of sulfone groups is 1. The molecule has 0 bridgehead atoms. The van der Waals surface area contributed by atoms with E-state index in [1.165, 1.54) is 0 Å². The summed E-state index contributed by atoms with van der Waals surface area (Å²) in [5, 5.41) is 0.